The average molecular weight is 273 g/mol. The van der Waals surface area contributed by atoms with Crippen LogP contribution in [0.3, 0.4) is 0 Å². The number of nitriles is 1. The maximum atomic E-state index is 11.5. The normalized spacial score (nSPS) is 15.3. The molecule has 8 heteroatoms. The number of nitrogens with zero attached hydrogens (tertiary/aromatic N) is 4. The van der Waals surface area contributed by atoms with Gasteiger partial charge in [0.1, 0.15) is 11.8 Å². The third-order valence-corrected chi connectivity index (χ3v) is 2.56. The Morgan fingerprint density at radius 1 is 1.35 bits per heavy atom. The molecule has 1 aliphatic rings. The van der Waals surface area contributed by atoms with Crippen LogP contribution in [0.15, 0.2) is 46.0 Å². The molecule has 0 saturated heterocycles. The molecule has 0 atom stereocenters. The van der Waals surface area contributed by atoms with E-state index in [1.807, 2.05) is 0 Å². The van der Waals surface area contributed by atoms with E-state index in [1.54, 1.807) is 37.4 Å². The first-order chi connectivity index (χ1) is 9.71. The summed E-state index contributed by atoms with van der Waals surface area (Å²) < 4.78 is 9.60. The van der Waals surface area contributed by atoms with Crippen LogP contribution in [-0.2, 0) is 9.53 Å². The van der Waals surface area contributed by atoms with E-state index in [9.17, 15) is 4.79 Å². The molecule has 102 valence electrons. The van der Waals surface area contributed by atoms with Gasteiger partial charge in [0.2, 0.25) is 5.82 Å². The van der Waals surface area contributed by atoms with Gasteiger partial charge in [0, 0.05) is 0 Å². The lowest BCUT2D eigenvalue weighted by atomic mass is 10.2. The summed E-state index contributed by atoms with van der Waals surface area (Å²) in [5, 5.41) is 17.8. The molecule has 0 radical (unpaired) electrons. The molecule has 1 aliphatic heterocycles. The van der Waals surface area contributed by atoms with Crippen LogP contribution in [0.1, 0.15) is 0 Å². The second kappa shape index (κ2) is 5.71. The highest BCUT2D eigenvalue weighted by Crippen LogP contribution is 2.26. The summed E-state index contributed by atoms with van der Waals surface area (Å²) in [6.07, 6.45) is 0. The van der Waals surface area contributed by atoms with E-state index in [0.29, 0.717) is 11.4 Å². The van der Waals surface area contributed by atoms with E-state index in [1.165, 1.54) is 12.1 Å². The molecule has 0 saturated carbocycles. The van der Waals surface area contributed by atoms with Crippen molar-refractivity contribution in [2.45, 2.75) is 0 Å². The molecule has 20 heavy (non-hydrogen) atoms. The predicted molar refractivity (Wildman–Crippen MR) is 68.1 cm³/mol. The number of methoxy groups -OCH3 is 2. The topological polar surface area (TPSA) is 99.3 Å². The van der Waals surface area contributed by atoms with E-state index < -0.39 is 5.97 Å². The van der Waals surface area contributed by atoms with Crippen molar-refractivity contribution in [2.24, 2.45) is 10.3 Å². The molecule has 0 fully saturated rings. The molecule has 1 aromatic carbocycles. The Kier molecular flexibility index (Phi) is 3.81. The standard InChI is InChI=1S/C12H11N5O3/c1-19-9-5-3-8(4-6-9)17-11(14-15-16-17)10(7-13)12(18)20-2/h3-6H,1-2H3,(H,14,16). The Hall–Kier alpha value is -3.08. The van der Waals surface area contributed by atoms with Gasteiger partial charge in [-0.05, 0) is 24.3 Å². The zero-order chi connectivity index (χ0) is 14.5. The van der Waals surface area contributed by atoms with E-state index in [2.05, 4.69) is 20.6 Å². The summed E-state index contributed by atoms with van der Waals surface area (Å²) >= 11 is 0. The third kappa shape index (κ3) is 2.37. The maximum absolute atomic E-state index is 11.5. The van der Waals surface area contributed by atoms with Crippen LogP contribution >= 0.6 is 0 Å². The van der Waals surface area contributed by atoms with Gasteiger partial charge in [-0.2, -0.15) is 10.8 Å². The van der Waals surface area contributed by atoms with Crippen LogP contribution in [0.5, 0.6) is 5.75 Å². The first-order valence-corrected chi connectivity index (χ1v) is 5.54. The fourth-order valence-corrected chi connectivity index (χ4v) is 1.57. The number of rotatable bonds is 3. The number of hydrazine groups is 1. The van der Waals surface area contributed by atoms with E-state index in [0.717, 1.165) is 0 Å². The smallest absolute Gasteiger partial charge is 0.352 e. The first-order valence-electron chi connectivity index (χ1n) is 5.54. The Bertz CT molecular complexity index is 615. The van der Waals surface area contributed by atoms with Crippen molar-refractivity contribution in [2.75, 3.05) is 19.2 Å². The van der Waals surface area contributed by atoms with Gasteiger partial charge < -0.3 is 9.47 Å². The van der Waals surface area contributed by atoms with Crippen LogP contribution in [0.2, 0.25) is 0 Å². The molecule has 0 amide bonds. The highest BCUT2D eigenvalue weighted by atomic mass is 16.5. The van der Waals surface area contributed by atoms with Crippen LogP contribution in [0.4, 0.5) is 5.69 Å². The summed E-state index contributed by atoms with van der Waals surface area (Å²) in [6, 6.07) is 8.69. The van der Waals surface area contributed by atoms with E-state index >= 15 is 0 Å². The van der Waals surface area contributed by atoms with Crippen molar-refractivity contribution in [3.05, 3.63) is 35.7 Å². The summed E-state index contributed by atoms with van der Waals surface area (Å²) in [4.78, 5) is 11.5. The molecule has 0 aromatic heterocycles. The van der Waals surface area contributed by atoms with Crippen LogP contribution in [-0.4, -0.2) is 20.2 Å². The van der Waals surface area contributed by atoms with Crippen molar-refractivity contribution in [1.29, 1.82) is 5.26 Å². The minimum absolute atomic E-state index is 0.0736. The zero-order valence-electron chi connectivity index (χ0n) is 10.8. The molecule has 0 spiro atoms. The fourth-order valence-electron chi connectivity index (χ4n) is 1.57. The van der Waals surface area contributed by atoms with Gasteiger partial charge in [0.25, 0.3) is 0 Å². The number of hydrogen-bond acceptors (Lipinski definition) is 8. The SMILES string of the molecule is COC(=O)C(C#N)=C1N=NNN1c1ccc(OC)cc1. The molecule has 1 aromatic rings. The molecule has 0 unspecified atom stereocenters. The lowest BCUT2D eigenvalue weighted by Gasteiger charge is -2.17. The van der Waals surface area contributed by atoms with E-state index in [4.69, 9.17) is 10.00 Å². The van der Waals surface area contributed by atoms with Gasteiger partial charge in [0.15, 0.2) is 5.57 Å². The van der Waals surface area contributed by atoms with E-state index in [-0.39, 0.29) is 11.4 Å². The van der Waals surface area contributed by atoms with Crippen molar-refractivity contribution in [3.8, 4) is 11.8 Å². The number of ether oxygens (including phenoxy) is 2. The second-order valence-electron chi connectivity index (χ2n) is 3.64. The summed E-state index contributed by atoms with van der Waals surface area (Å²) in [5.41, 5.74) is 2.99. The average Bonchev–Trinajstić information content (AvgIpc) is 2.97. The van der Waals surface area contributed by atoms with Gasteiger partial charge in [-0.1, -0.05) is 5.22 Å². The molecule has 0 bridgehead atoms. The number of esters is 1. The number of nitrogens with one attached hydrogen (secondary N) is 1. The molecule has 2 rings (SSSR count). The van der Waals surface area contributed by atoms with Crippen LogP contribution in [0, 0.1) is 11.3 Å². The Balaban J connectivity index is 2.39. The van der Waals surface area contributed by atoms with Crippen molar-refractivity contribution < 1.29 is 14.3 Å². The molecule has 1 heterocycles. The Labute approximate surface area is 114 Å². The van der Waals surface area contributed by atoms with Gasteiger partial charge in [-0.3, -0.25) is 0 Å². The predicted octanol–water partition coefficient (Wildman–Crippen LogP) is 1.30. The highest BCUT2D eigenvalue weighted by molar-refractivity contribution is 5.94. The first kappa shape index (κ1) is 13.4. The molecular weight excluding hydrogens is 262 g/mol. The summed E-state index contributed by atoms with van der Waals surface area (Å²) in [7, 11) is 2.75. The fraction of sp³-hybridized carbons (Fsp3) is 0.167. The Morgan fingerprint density at radius 3 is 2.60 bits per heavy atom. The summed E-state index contributed by atoms with van der Waals surface area (Å²) in [5.74, 6) is -0.0194. The summed E-state index contributed by atoms with van der Waals surface area (Å²) in [6.45, 7) is 0. The maximum Gasteiger partial charge on any atom is 0.352 e. The van der Waals surface area contributed by atoms with Gasteiger partial charge in [-0.25, -0.2) is 9.80 Å². The Morgan fingerprint density at radius 2 is 2.05 bits per heavy atom. The minimum atomic E-state index is -0.774. The van der Waals surface area contributed by atoms with Gasteiger partial charge in [0.05, 0.1) is 19.9 Å². The quantitative estimate of drug-likeness (QED) is 0.506. The number of carbonyl (C=O) groups is 1. The third-order valence-electron chi connectivity index (χ3n) is 2.56. The van der Waals surface area contributed by atoms with Crippen molar-refractivity contribution in [3.63, 3.8) is 0 Å². The lowest BCUT2D eigenvalue weighted by molar-refractivity contribution is -0.135. The van der Waals surface area contributed by atoms with Gasteiger partial charge >= 0.3 is 5.97 Å². The van der Waals surface area contributed by atoms with Gasteiger partial charge in [-0.15, -0.1) is 5.11 Å². The van der Waals surface area contributed by atoms with Crippen LogP contribution in [0.25, 0.3) is 0 Å². The number of benzene rings is 1. The molecular formula is C12H11N5O3. The number of anilines is 1. The second-order valence-corrected chi connectivity index (χ2v) is 3.64. The number of hydrogen-bond donors (Lipinski definition) is 1. The lowest BCUT2D eigenvalue weighted by Crippen LogP contribution is -2.29. The molecule has 8 nitrogen and oxygen atoms in total. The van der Waals surface area contributed by atoms with Crippen molar-refractivity contribution in [1.82, 2.24) is 5.53 Å². The van der Waals surface area contributed by atoms with Crippen molar-refractivity contribution >= 4 is 11.7 Å². The zero-order valence-corrected chi connectivity index (χ0v) is 10.8. The van der Waals surface area contributed by atoms with Crippen LogP contribution < -0.4 is 15.3 Å². The number of carbonyl (C=O) groups excluding carboxylic acids is 1. The molecule has 0 aliphatic carbocycles. The molecule has 1 N–H and O–H groups in total. The largest absolute Gasteiger partial charge is 0.497 e. The minimum Gasteiger partial charge on any atom is -0.497 e. The highest BCUT2D eigenvalue weighted by Gasteiger charge is 2.26. The monoisotopic (exact) mass is 273 g/mol.